The number of carbonyl (C=O) groups is 1. The van der Waals surface area contributed by atoms with Gasteiger partial charge in [-0.3, -0.25) is 15.4 Å². The van der Waals surface area contributed by atoms with Crippen LogP contribution < -0.4 is 15.4 Å². The zero-order valence-corrected chi connectivity index (χ0v) is 9.19. The summed E-state index contributed by atoms with van der Waals surface area (Å²) >= 11 is 0. The van der Waals surface area contributed by atoms with Crippen molar-refractivity contribution in [2.75, 3.05) is 13.7 Å². The van der Waals surface area contributed by atoms with Crippen molar-refractivity contribution in [2.45, 2.75) is 25.2 Å². The van der Waals surface area contributed by atoms with Gasteiger partial charge in [-0.25, -0.2) is 0 Å². The van der Waals surface area contributed by atoms with E-state index < -0.39 is 0 Å². The minimum atomic E-state index is -0.0987. The van der Waals surface area contributed by atoms with Crippen LogP contribution in [0.3, 0.4) is 0 Å². The van der Waals surface area contributed by atoms with Gasteiger partial charge in [-0.05, 0) is 0 Å². The van der Waals surface area contributed by atoms with Crippen molar-refractivity contribution in [1.29, 1.82) is 0 Å². The molecule has 2 atom stereocenters. The molecule has 0 aliphatic carbocycles. The van der Waals surface area contributed by atoms with Crippen molar-refractivity contribution < 1.29 is 9.53 Å². The molecule has 1 fully saturated rings. The van der Waals surface area contributed by atoms with E-state index in [4.69, 9.17) is 4.74 Å². The third-order valence-electron chi connectivity index (χ3n) is 3.33. The normalized spacial score (nSPS) is 28.4. The van der Waals surface area contributed by atoms with Crippen LogP contribution in [-0.4, -0.2) is 30.0 Å². The lowest BCUT2D eigenvalue weighted by Gasteiger charge is -2.37. The number of hydrogen-bond acceptors (Lipinski definition) is 4. The van der Waals surface area contributed by atoms with E-state index in [0.717, 1.165) is 24.5 Å². The molecule has 0 radical (unpaired) electrons. The van der Waals surface area contributed by atoms with Crippen molar-refractivity contribution in [3.63, 3.8) is 0 Å². The van der Waals surface area contributed by atoms with Crippen LogP contribution >= 0.6 is 0 Å². The molecule has 3 rings (SSSR count). The van der Waals surface area contributed by atoms with Gasteiger partial charge in [0.15, 0.2) is 5.78 Å². The van der Waals surface area contributed by atoms with Crippen LogP contribution in [0.2, 0.25) is 0 Å². The average Bonchev–Trinajstić information content (AvgIpc) is 2.72. The van der Waals surface area contributed by atoms with Crippen molar-refractivity contribution in [3.05, 3.63) is 18.0 Å². The van der Waals surface area contributed by atoms with E-state index in [9.17, 15) is 4.79 Å². The number of piperidine rings is 1. The Hall–Kier alpha value is -1.33. The lowest BCUT2D eigenvalue weighted by atomic mass is 10.0. The van der Waals surface area contributed by atoms with Crippen LogP contribution in [0.1, 0.15) is 18.3 Å². The lowest BCUT2D eigenvalue weighted by molar-refractivity contribution is -0.124. The molecule has 5 heteroatoms. The monoisotopic (exact) mass is 221 g/mol. The summed E-state index contributed by atoms with van der Waals surface area (Å²) in [6.45, 7) is 1.47. The van der Waals surface area contributed by atoms with E-state index in [1.807, 2.05) is 12.3 Å². The second-order valence-electron chi connectivity index (χ2n) is 4.25. The van der Waals surface area contributed by atoms with Crippen molar-refractivity contribution in [2.24, 2.45) is 0 Å². The molecule has 0 bridgehead atoms. The van der Waals surface area contributed by atoms with Crippen LogP contribution in [0.25, 0.3) is 0 Å². The number of ether oxygens (including phenoxy) is 1. The summed E-state index contributed by atoms with van der Waals surface area (Å²) in [7, 11) is 1.66. The maximum Gasteiger partial charge on any atom is 0.154 e. The van der Waals surface area contributed by atoms with E-state index in [1.165, 1.54) is 0 Å². The van der Waals surface area contributed by atoms with Crippen LogP contribution in [0.15, 0.2) is 12.3 Å². The Morgan fingerprint density at radius 3 is 3.19 bits per heavy atom. The Balaban J connectivity index is 1.98. The average molecular weight is 221 g/mol. The number of carbonyl (C=O) groups excluding carboxylic acids is 1. The number of nitrogens with one attached hydrogen (secondary N) is 2. The second kappa shape index (κ2) is 3.61. The number of Topliss-reactive ketones (excluding diaryl/α,β-unsaturated/α-hetero) is 1. The number of ketones is 1. The van der Waals surface area contributed by atoms with Gasteiger partial charge in [-0.2, -0.15) is 0 Å². The van der Waals surface area contributed by atoms with Gasteiger partial charge in [0.1, 0.15) is 18.0 Å². The van der Waals surface area contributed by atoms with E-state index in [0.29, 0.717) is 12.2 Å². The Kier molecular flexibility index (Phi) is 2.22. The SMILES string of the molecule is COc1cc2n(c1)C1NCCC(=O)C1NC2. The molecule has 0 spiro atoms. The van der Waals surface area contributed by atoms with Crippen LogP contribution in [0.5, 0.6) is 5.75 Å². The Bertz CT molecular complexity index is 427. The molecule has 86 valence electrons. The molecule has 1 aromatic heterocycles. The largest absolute Gasteiger partial charge is 0.495 e. The van der Waals surface area contributed by atoms with Crippen molar-refractivity contribution >= 4 is 5.78 Å². The second-order valence-corrected chi connectivity index (χ2v) is 4.25. The standard InChI is InChI=1S/C11H15N3O2/c1-16-8-4-7-5-13-10-9(15)2-3-12-11(10)14(7)6-8/h4,6,10-13H,2-3,5H2,1H3. The van der Waals surface area contributed by atoms with E-state index in [-0.39, 0.29) is 12.2 Å². The number of hydrogen-bond donors (Lipinski definition) is 2. The molecular weight excluding hydrogens is 206 g/mol. The molecule has 2 aliphatic rings. The minimum Gasteiger partial charge on any atom is -0.495 e. The van der Waals surface area contributed by atoms with Gasteiger partial charge in [0.2, 0.25) is 0 Å². The maximum absolute atomic E-state index is 11.8. The van der Waals surface area contributed by atoms with Gasteiger partial charge in [0, 0.05) is 37.5 Å². The molecule has 2 unspecified atom stereocenters. The predicted molar refractivity (Wildman–Crippen MR) is 58.3 cm³/mol. The predicted octanol–water partition coefficient (Wildman–Crippen LogP) is 0.0295. The maximum atomic E-state index is 11.8. The van der Waals surface area contributed by atoms with Crippen LogP contribution in [-0.2, 0) is 11.3 Å². The quantitative estimate of drug-likeness (QED) is 0.702. The summed E-state index contributed by atoms with van der Waals surface area (Å²) in [6, 6.07) is 1.91. The van der Waals surface area contributed by atoms with Crippen molar-refractivity contribution in [3.8, 4) is 5.75 Å². The summed E-state index contributed by atoms with van der Waals surface area (Å²) < 4.78 is 7.32. The first-order valence-electron chi connectivity index (χ1n) is 5.54. The summed E-state index contributed by atoms with van der Waals surface area (Å²) in [6.07, 6.45) is 2.61. The fourth-order valence-electron chi connectivity index (χ4n) is 2.50. The van der Waals surface area contributed by atoms with Gasteiger partial charge in [-0.1, -0.05) is 0 Å². The molecule has 0 aromatic carbocycles. The molecule has 0 saturated carbocycles. The minimum absolute atomic E-state index is 0.0360. The highest BCUT2D eigenvalue weighted by atomic mass is 16.5. The van der Waals surface area contributed by atoms with E-state index in [1.54, 1.807) is 7.11 Å². The first-order valence-corrected chi connectivity index (χ1v) is 5.54. The molecule has 2 N–H and O–H groups in total. The van der Waals surface area contributed by atoms with Crippen LogP contribution in [0, 0.1) is 0 Å². The van der Waals surface area contributed by atoms with Gasteiger partial charge in [-0.15, -0.1) is 0 Å². The van der Waals surface area contributed by atoms with Gasteiger partial charge < -0.3 is 9.30 Å². The molecule has 0 amide bonds. The third-order valence-corrected chi connectivity index (χ3v) is 3.33. The molecule has 16 heavy (non-hydrogen) atoms. The number of aromatic nitrogens is 1. The fraction of sp³-hybridized carbons (Fsp3) is 0.545. The Morgan fingerprint density at radius 2 is 2.38 bits per heavy atom. The highest BCUT2D eigenvalue weighted by Crippen LogP contribution is 2.27. The summed E-state index contributed by atoms with van der Waals surface area (Å²) in [4.78, 5) is 11.8. The van der Waals surface area contributed by atoms with E-state index in [2.05, 4.69) is 15.2 Å². The molecular formula is C11H15N3O2. The zero-order valence-electron chi connectivity index (χ0n) is 9.19. The third kappa shape index (κ3) is 1.36. The van der Waals surface area contributed by atoms with Gasteiger partial charge in [0.05, 0.1) is 7.11 Å². The number of fused-ring (bicyclic) bond motifs is 3. The Labute approximate surface area is 93.8 Å². The van der Waals surface area contributed by atoms with Crippen LogP contribution in [0.4, 0.5) is 0 Å². The highest BCUT2D eigenvalue weighted by molar-refractivity contribution is 5.85. The number of methoxy groups -OCH3 is 1. The molecule has 5 nitrogen and oxygen atoms in total. The fourth-order valence-corrected chi connectivity index (χ4v) is 2.50. The highest BCUT2D eigenvalue weighted by Gasteiger charge is 2.36. The smallest absolute Gasteiger partial charge is 0.154 e. The molecule has 2 aliphatic heterocycles. The lowest BCUT2D eigenvalue weighted by Crippen LogP contribution is -2.56. The molecule has 1 aromatic rings. The summed E-state index contributed by atoms with van der Waals surface area (Å²) in [5.41, 5.74) is 1.15. The topological polar surface area (TPSA) is 55.3 Å². The number of rotatable bonds is 1. The van der Waals surface area contributed by atoms with Crippen molar-refractivity contribution in [1.82, 2.24) is 15.2 Å². The molecule has 3 heterocycles. The van der Waals surface area contributed by atoms with Gasteiger partial charge >= 0.3 is 0 Å². The van der Waals surface area contributed by atoms with Gasteiger partial charge in [0.25, 0.3) is 0 Å². The Morgan fingerprint density at radius 1 is 1.50 bits per heavy atom. The first-order chi connectivity index (χ1) is 7.79. The first kappa shape index (κ1) is 9.86. The zero-order chi connectivity index (χ0) is 11.1. The number of nitrogens with zero attached hydrogens (tertiary/aromatic N) is 1. The summed E-state index contributed by atoms with van der Waals surface area (Å²) in [5, 5.41) is 6.65. The van der Waals surface area contributed by atoms with E-state index >= 15 is 0 Å². The summed E-state index contributed by atoms with van der Waals surface area (Å²) in [5.74, 6) is 1.14. The molecule has 1 saturated heterocycles.